The van der Waals surface area contributed by atoms with Crippen LogP contribution in [0.1, 0.15) is 11.1 Å². The third-order valence-corrected chi connectivity index (χ3v) is 5.18. The lowest BCUT2D eigenvalue weighted by atomic mass is 9.99. The number of esters is 1. The van der Waals surface area contributed by atoms with Gasteiger partial charge in [-0.1, -0.05) is 12.1 Å². The summed E-state index contributed by atoms with van der Waals surface area (Å²) in [4.78, 5) is 12.1. The largest absolute Gasteiger partial charge is 0.504 e. The minimum atomic E-state index is -1.61. The standard InChI is InChI=1S/C22H26O11/c23-13-3-1-11(7-15(13)25)5-6-31-22-21(30)20(29)19(28)17(33-22)10-32-18(27)9-12-2-4-14(24)16(26)8-12/h1-4,7-8,17,19-26,28-30H,5-6,9-10H2/t17-,19-,20+,21-,22-/m1/s1. The number of aromatic hydroxyl groups is 4. The van der Waals surface area contributed by atoms with Gasteiger partial charge in [0.25, 0.3) is 0 Å². The van der Waals surface area contributed by atoms with Crippen LogP contribution in [-0.4, -0.2) is 85.6 Å². The van der Waals surface area contributed by atoms with Crippen molar-refractivity contribution >= 4 is 5.97 Å². The van der Waals surface area contributed by atoms with E-state index in [1.54, 1.807) is 6.07 Å². The second kappa shape index (κ2) is 10.7. The molecule has 0 aliphatic carbocycles. The zero-order chi connectivity index (χ0) is 24.1. The third kappa shape index (κ3) is 6.24. The van der Waals surface area contributed by atoms with Crippen LogP contribution in [0.5, 0.6) is 23.0 Å². The van der Waals surface area contributed by atoms with E-state index in [4.69, 9.17) is 14.2 Å². The molecule has 3 rings (SSSR count). The van der Waals surface area contributed by atoms with Gasteiger partial charge in [0.1, 0.15) is 31.0 Å². The molecule has 33 heavy (non-hydrogen) atoms. The highest BCUT2D eigenvalue weighted by atomic mass is 16.7. The second-order valence-corrected chi connectivity index (χ2v) is 7.64. The molecule has 1 heterocycles. The molecule has 1 aliphatic rings. The molecule has 0 unspecified atom stereocenters. The molecular weight excluding hydrogens is 440 g/mol. The summed E-state index contributed by atoms with van der Waals surface area (Å²) in [7, 11) is 0. The lowest BCUT2D eigenvalue weighted by molar-refractivity contribution is -0.301. The van der Waals surface area contributed by atoms with Crippen molar-refractivity contribution < 1.29 is 54.8 Å². The van der Waals surface area contributed by atoms with Gasteiger partial charge in [0, 0.05) is 0 Å². The number of rotatable bonds is 8. The minimum absolute atomic E-state index is 0.0195. The van der Waals surface area contributed by atoms with Crippen molar-refractivity contribution in [1.29, 1.82) is 0 Å². The van der Waals surface area contributed by atoms with Crippen LogP contribution in [-0.2, 0) is 31.8 Å². The van der Waals surface area contributed by atoms with E-state index in [0.717, 1.165) is 0 Å². The third-order valence-electron chi connectivity index (χ3n) is 5.18. The van der Waals surface area contributed by atoms with Gasteiger partial charge in [-0.25, -0.2) is 0 Å². The van der Waals surface area contributed by atoms with Crippen LogP contribution in [0.3, 0.4) is 0 Å². The number of ether oxygens (including phenoxy) is 3. The summed E-state index contributed by atoms with van der Waals surface area (Å²) < 4.78 is 16.0. The van der Waals surface area contributed by atoms with E-state index in [-0.39, 0.29) is 42.4 Å². The van der Waals surface area contributed by atoms with Gasteiger partial charge in [0.15, 0.2) is 29.3 Å². The first kappa shape index (κ1) is 24.6. The van der Waals surface area contributed by atoms with Crippen molar-refractivity contribution in [3.63, 3.8) is 0 Å². The number of phenols is 4. The van der Waals surface area contributed by atoms with Crippen molar-refractivity contribution in [2.45, 2.75) is 43.5 Å². The normalized spacial score (nSPS) is 25.0. The zero-order valence-electron chi connectivity index (χ0n) is 17.4. The molecule has 0 aromatic heterocycles. The smallest absolute Gasteiger partial charge is 0.310 e. The van der Waals surface area contributed by atoms with Crippen LogP contribution in [0.15, 0.2) is 36.4 Å². The maximum atomic E-state index is 12.1. The topological polar surface area (TPSA) is 186 Å². The Hall–Kier alpha value is -3.09. The minimum Gasteiger partial charge on any atom is -0.504 e. The predicted octanol–water partition coefficient (Wildman–Crippen LogP) is -0.338. The molecule has 5 atom stereocenters. The van der Waals surface area contributed by atoms with Crippen molar-refractivity contribution in [2.24, 2.45) is 0 Å². The van der Waals surface area contributed by atoms with Crippen LogP contribution in [0.25, 0.3) is 0 Å². The van der Waals surface area contributed by atoms with E-state index in [0.29, 0.717) is 11.1 Å². The van der Waals surface area contributed by atoms with Crippen molar-refractivity contribution in [1.82, 2.24) is 0 Å². The molecule has 0 radical (unpaired) electrons. The van der Waals surface area contributed by atoms with Gasteiger partial charge in [-0.2, -0.15) is 0 Å². The van der Waals surface area contributed by atoms with Crippen molar-refractivity contribution in [3.8, 4) is 23.0 Å². The van der Waals surface area contributed by atoms with E-state index in [9.17, 15) is 40.5 Å². The summed E-state index contributed by atoms with van der Waals surface area (Å²) in [6.07, 6.45) is -7.13. The quantitative estimate of drug-likeness (QED) is 0.199. The predicted molar refractivity (Wildman–Crippen MR) is 111 cm³/mol. The van der Waals surface area contributed by atoms with Gasteiger partial charge in [0.05, 0.1) is 13.0 Å². The summed E-state index contributed by atoms with van der Waals surface area (Å²) in [5.74, 6) is -1.97. The number of benzene rings is 2. The Morgan fingerprint density at radius 1 is 0.818 bits per heavy atom. The molecule has 0 bridgehead atoms. The Morgan fingerprint density at radius 2 is 1.42 bits per heavy atom. The highest BCUT2D eigenvalue weighted by Crippen LogP contribution is 2.27. The van der Waals surface area contributed by atoms with Crippen molar-refractivity contribution in [3.05, 3.63) is 47.5 Å². The fraction of sp³-hybridized carbons (Fsp3) is 0.409. The highest BCUT2D eigenvalue weighted by Gasteiger charge is 2.44. The van der Waals surface area contributed by atoms with E-state index in [2.05, 4.69) is 0 Å². The lowest BCUT2D eigenvalue weighted by Crippen LogP contribution is -2.59. The summed E-state index contributed by atoms with van der Waals surface area (Å²) in [5.41, 5.74) is 1.03. The molecule has 7 N–H and O–H groups in total. The number of carbonyl (C=O) groups is 1. The Bertz CT molecular complexity index is 963. The van der Waals surface area contributed by atoms with E-state index in [1.807, 2.05) is 0 Å². The molecule has 180 valence electrons. The van der Waals surface area contributed by atoms with Gasteiger partial charge < -0.3 is 50.0 Å². The molecule has 1 saturated heterocycles. The number of hydrogen-bond acceptors (Lipinski definition) is 11. The van der Waals surface area contributed by atoms with Gasteiger partial charge in [-0.15, -0.1) is 0 Å². The summed E-state index contributed by atoms with van der Waals surface area (Å²) in [6.45, 7) is -0.412. The molecular formula is C22H26O11. The average molecular weight is 466 g/mol. The molecule has 0 spiro atoms. The fourth-order valence-corrected chi connectivity index (χ4v) is 3.28. The zero-order valence-corrected chi connectivity index (χ0v) is 17.4. The van der Waals surface area contributed by atoms with Crippen LogP contribution in [0, 0.1) is 0 Å². The Labute approximate surface area is 188 Å². The maximum Gasteiger partial charge on any atom is 0.310 e. The maximum absolute atomic E-state index is 12.1. The van der Waals surface area contributed by atoms with Gasteiger partial charge in [-0.3, -0.25) is 4.79 Å². The van der Waals surface area contributed by atoms with Crippen LogP contribution < -0.4 is 0 Å². The second-order valence-electron chi connectivity index (χ2n) is 7.64. The van der Waals surface area contributed by atoms with E-state index >= 15 is 0 Å². The lowest BCUT2D eigenvalue weighted by Gasteiger charge is -2.40. The number of aliphatic hydroxyl groups is 3. The van der Waals surface area contributed by atoms with Crippen LogP contribution in [0.4, 0.5) is 0 Å². The number of aliphatic hydroxyl groups excluding tert-OH is 3. The molecule has 1 fully saturated rings. The fourth-order valence-electron chi connectivity index (χ4n) is 3.28. The SMILES string of the molecule is O=C(Cc1ccc(O)c(O)c1)OC[C@H]1O[C@@H](OCCc2ccc(O)c(O)c2)[C@H](O)[C@@H](O)[C@@H]1O. The Kier molecular flexibility index (Phi) is 7.95. The van der Waals surface area contributed by atoms with Crippen LogP contribution in [0.2, 0.25) is 0 Å². The summed E-state index contributed by atoms with van der Waals surface area (Å²) in [6, 6.07) is 8.11. The monoisotopic (exact) mass is 466 g/mol. The van der Waals surface area contributed by atoms with Crippen LogP contribution >= 0.6 is 0 Å². The van der Waals surface area contributed by atoms with Crippen molar-refractivity contribution in [2.75, 3.05) is 13.2 Å². The molecule has 0 amide bonds. The number of phenolic OH excluding ortho intramolecular Hbond substituents is 4. The molecule has 2 aromatic carbocycles. The molecule has 11 nitrogen and oxygen atoms in total. The summed E-state index contributed by atoms with van der Waals surface area (Å²) in [5, 5.41) is 68.1. The Balaban J connectivity index is 1.51. The average Bonchev–Trinajstić information content (AvgIpc) is 2.78. The van der Waals surface area contributed by atoms with Gasteiger partial charge >= 0.3 is 5.97 Å². The first-order valence-electron chi connectivity index (χ1n) is 10.1. The Morgan fingerprint density at radius 3 is 2.06 bits per heavy atom. The molecule has 1 aliphatic heterocycles. The van der Waals surface area contributed by atoms with Gasteiger partial charge in [-0.05, 0) is 41.8 Å². The van der Waals surface area contributed by atoms with Gasteiger partial charge in [0.2, 0.25) is 0 Å². The molecule has 0 saturated carbocycles. The number of carbonyl (C=O) groups excluding carboxylic acids is 1. The van der Waals surface area contributed by atoms with E-state index < -0.39 is 43.3 Å². The molecule has 11 heteroatoms. The first-order chi connectivity index (χ1) is 15.7. The highest BCUT2D eigenvalue weighted by molar-refractivity contribution is 5.73. The number of hydrogen-bond donors (Lipinski definition) is 7. The summed E-state index contributed by atoms with van der Waals surface area (Å²) >= 11 is 0. The first-order valence-corrected chi connectivity index (χ1v) is 10.1. The van der Waals surface area contributed by atoms with E-state index in [1.165, 1.54) is 30.3 Å². The molecule has 2 aromatic rings.